The molecule has 7 heteroatoms. The summed E-state index contributed by atoms with van der Waals surface area (Å²) in [7, 11) is 4.78. The van der Waals surface area contributed by atoms with E-state index < -0.39 is 0 Å². The zero-order valence-electron chi connectivity index (χ0n) is 15.3. The van der Waals surface area contributed by atoms with Gasteiger partial charge in [-0.1, -0.05) is 30.9 Å². The molecule has 0 aromatic heterocycles. The van der Waals surface area contributed by atoms with Gasteiger partial charge in [0, 0.05) is 31.4 Å². The van der Waals surface area contributed by atoms with E-state index in [0.717, 1.165) is 25.7 Å². The lowest BCUT2D eigenvalue weighted by atomic mass is 9.94. The van der Waals surface area contributed by atoms with Crippen LogP contribution in [0.25, 0.3) is 0 Å². The van der Waals surface area contributed by atoms with Crippen molar-refractivity contribution in [1.29, 1.82) is 5.26 Å². The first-order valence-electron chi connectivity index (χ1n) is 8.57. The van der Waals surface area contributed by atoms with Crippen molar-refractivity contribution in [3.8, 4) is 17.6 Å². The Bertz CT molecular complexity index is 721. The van der Waals surface area contributed by atoms with Gasteiger partial charge in [0.15, 0.2) is 0 Å². The van der Waals surface area contributed by atoms with Crippen LogP contribution in [0.1, 0.15) is 32.1 Å². The van der Waals surface area contributed by atoms with Gasteiger partial charge in [-0.05, 0) is 12.8 Å². The SMILES string of the molecule is COc1cc(N/C=C(/C#N)C(=O)N(C)C2CCCCC2)c(OC)cc1Cl. The number of carbonyl (C=O) groups excluding carboxylic acids is 1. The van der Waals surface area contributed by atoms with Crippen molar-refractivity contribution in [1.82, 2.24) is 4.90 Å². The molecule has 1 aromatic carbocycles. The van der Waals surface area contributed by atoms with Crippen molar-refractivity contribution < 1.29 is 14.3 Å². The average molecular weight is 378 g/mol. The van der Waals surface area contributed by atoms with Gasteiger partial charge in [0.25, 0.3) is 5.91 Å². The molecule has 1 amide bonds. The van der Waals surface area contributed by atoms with Crippen LogP contribution in [0.5, 0.6) is 11.5 Å². The minimum absolute atomic E-state index is 0.0362. The van der Waals surface area contributed by atoms with Gasteiger partial charge in [0.05, 0.1) is 24.9 Å². The monoisotopic (exact) mass is 377 g/mol. The van der Waals surface area contributed by atoms with E-state index in [0.29, 0.717) is 22.2 Å². The van der Waals surface area contributed by atoms with Gasteiger partial charge in [-0.3, -0.25) is 4.79 Å². The number of rotatable bonds is 6. The Morgan fingerprint density at radius 3 is 2.50 bits per heavy atom. The predicted molar refractivity (Wildman–Crippen MR) is 102 cm³/mol. The van der Waals surface area contributed by atoms with Gasteiger partial charge in [-0.2, -0.15) is 5.26 Å². The topological polar surface area (TPSA) is 74.6 Å². The molecule has 0 heterocycles. The Morgan fingerprint density at radius 2 is 1.92 bits per heavy atom. The average Bonchev–Trinajstić information content (AvgIpc) is 2.68. The van der Waals surface area contributed by atoms with E-state index in [9.17, 15) is 10.1 Å². The van der Waals surface area contributed by atoms with E-state index in [1.165, 1.54) is 26.8 Å². The van der Waals surface area contributed by atoms with E-state index >= 15 is 0 Å². The van der Waals surface area contributed by atoms with E-state index in [2.05, 4.69) is 5.32 Å². The van der Waals surface area contributed by atoms with Crippen molar-refractivity contribution in [2.24, 2.45) is 0 Å². The zero-order valence-corrected chi connectivity index (χ0v) is 16.1. The van der Waals surface area contributed by atoms with Crippen LogP contribution in [-0.4, -0.2) is 38.1 Å². The molecule has 1 aromatic rings. The second-order valence-corrected chi connectivity index (χ2v) is 6.62. The number of nitrogens with one attached hydrogen (secondary N) is 1. The Labute approximate surface area is 159 Å². The highest BCUT2D eigenvalue weighted by molar-refractivity contribution is 6.32. The molecule has 1 fully saturated rings. The van der Waals surface area contributed by atoms with Gasteiger partial charge in [-0.15, -0.1) is 0 Å². The van der Waals surface area contributed by atoms with Gasteiger partial charge in [0.2, 0.25) is 0 Å². The van der Waals surface area contributed by atoms with Crippen molar-refractivity contribution in [2.45, 2.75) is 38.1 Å². The number of ether oxygens (including phenoxy) is 2. The molecule has 0 spiro atoms. The Hall–Kier alpha value is -2.39. The lowest BCUT2D eigenvalue weighted by Gasteiger charge is -2.31. The summed E-state index contributed by atoms with van der Waals surface area (Å²) >= 11 is 6.09. The molecule has 0 radical (unpaired) electrons. The Balaban J connectivity index is 2.18. The highest BCUT2D eigenvalue weighted by Crippen LogP contribution is 2.36. The van der Waals surface area contributed by atoms with Gasteiger partial charge in [-0.25, -0.2) is 0 Å². The predicted octanol–water partition coefficient (Wildman–Crippen LogP) is 3.97. The normalized spacial score (nSPS) is 15.1. The van der Waals surface area contributed by atoms with Crippen LogP contribution >= 0.6 is 11.6 Å². The summed E-state index contributed by atoms with van der Waals surface area (Å²) in [4.78, 5) is 14.3. The number of anilines is 1. The molecule has 6 nitrogen and oxygen atoms in total. The minimum Gasteiger partial charge on any atom is -0.495 e. The smallest absolute Gasteiger partial charge is 0.266 e. The number of nitrogens with zero attached hydrogens (tertiary/aromatic N) is 2. The second kappa shape index (κ2) is 9.35. The Kier molecular flexibility index (Phi) is 7.16. The van der Waals surface area contributed by atoms with Crippen molar-refractivity contribution in [3.05, 3.63) is 28.9 Å². The molecular formula is C19H24ClN3O3. The number of methoxy groups -OCH3 is 2. The zero-order chi connectivity index (χ0) is 19.1. The van der Waals surface area contributed by atoms with Crippen molar-refractivity contribution >= 4 is 23.2 Å². The first-order valence-corrected chi connectivity index (χ1v) is 8.95. The lowest BCUT2D eigenvalue weighted by Crippen LogP contribution is -2.39. The maximum absolute atomic E-state index is 12.6. The first-order chi connectivity index (χ1) is 12.5. The summed E-state index contributed by atoms with van der Waals surface area (Å²) in [6.07, 6.45) is 6.81. The fourth-order valence-corrected chi connectivity index (χ4v) is 3.32. The molecule has 2 rings (SSSR count). The summed E-state index contributed by atoms with van der Waals surface area (Å²) in [5.74, 6) is 0.664. The van der Waals surface area contributed by atoms with Crippen LogP contribution in [0.2, 0.25) is 5.02 Å². The van der Waals surface area contributed by atoms with Crippen LogP contribution in [0, 0.1) is 11.3 Å². The molecule has 1 saturated carbocycles. The third-order valence-electron chi connectivity index (χ3n) is 4.64. The number of hydrogen-bond donors (Lipinski definition) is 1. The van der Waals surface area contributed by atoms with Gasteiger partial charge in [0.1, 0.15) is 23.1 Å². The summed E-state index contributed by atoms with van der Waals surface area (Å²) in [5.41, 5.74) is 0.587. The van der Waals surface area contributed by atoms with Gasteiger partial charge >= 0.3 is 0 Å². The summed E-state index contributed by atoms with van der Waals surface area (Å²) in [5, 5.41) is 12.8. The second-order valence-electron chi connectivity index (χ2n) is 6.21. The maximum atomic E-state index is 12.6. The fourth-order valence-electron chi connectivity index (χ4n) is 3.09. The number of nitriles is 1. The van der Waals surface area contributed by atoms with Crippen molar-refractivity contribution in [2.75, 3.05) is 26.6 Å². The molecule has 0 saturated heterocycles. The van der Waals surface area contributed by atoms with Crippen LogP contribution in [-0.2, 0) is 4.79 Å². The summed E-state index contributed by atoms with van der Waals surface area (Å²) in [6, 6.07) is 5.44. The molecular weight excluding hydrogens is 354 g/mol. The number of amides is 1. The molecule has 0 aliphatic heterocycles. The van der Waals surface area contributed by atoms with Crippen LogP contribution < -0.4 is 14.8 Å². The number of likely N-dealkylation sites (N-methyl/N-ethyl adjacent to an activating group) is 1. The van der Waals surface area contributed by atoms with Crippen LogP contribution in [0.15, 0.2) is 23.9 Å². The van der Waals surface area contributed by atoms with Crippen LogP contribution in [0.4, 0.5) is 5.69 Å². The van der Waals surface area contributed by atoms with Crippen molar-refractivity contribution in [3.63, 3.8) is 0 Å². The number of hydrogen-bond acceptors (Lipinski definition) is 5. The molecule has 0 atom stereocenters. The largest absolute Gasteiger partial charge is 0.495 e. The standard InChI is InChI=1S/C19H24ClN3O3/c1-23(14-7-5-4-6-8-14)19(24)13(11-21)12-22-16-10-17(25-2)15(20)9-18(16)26-3/h9-10,12,14,22H,4-8H2,1-3H3/b13-12-. The van der Waals surface area contributed by atoms with E-state index in [-0.39, 0.29) is 17.5 Å². The summed E-state index contributed by atoms with van der Waals surface area (Å²) in [6.45, 7) is 0. The number of benzene rings is 1. The molecule has 1 aliphatic carbocycles. The minimum atomic E-state index is -0.285. The molecule has 0 bridgehead atoms. The molecule has 26 heavy (non-hydrogen) atoms. The van der Waals surface area contributed by atoms with Crippen LogP contribution in [0.3, 0.4) is 0 Å². The quantitative estimate of drug-likeness (QED) is 0.599. The fraction of sp³-hybridized carbons (Fsp3) is 0.474. The first kappa shape index (κ1) is 19.9. The lowest BCUT2D eigenvalue weighted by molar-refractivity contribution is -0.128. The highest BCUT2D eigenvalue weighted by atomic mass is 35.5. The molecule has 140 valence electrons. The van der Waals surface area contributed by atoms with E-state index in [1.54, 1.807) is 24.1 Å². The third kappa shape index (κ3) is 4.61. The summed E-state index contributed by atoms with van der Waals surface area (Å²) < 4.78 is 10.5. The third-order valence-corrected chi connectivity index (χ3v) is 4.93. The van der Waals surface area contributed by atoms with E-state index in [4.69, 9.17) is 21.1 Å². The van der Waals surface area contributed by atoms with E-state index in [1.807, 2.05) is 6.07 Å². The molecule has 1 N–H and O–H groups in total. The number of halogens is 1. The highest BCUT2D eigenvalue weighted by Gasteiger charge is 2.24. The van der Waals surface area contributed by atoms with Gasteiger partial charge < -0.3 is 19.7 Å². The Morgan fingerprint density at radius 1 is 1.27 bits per heavy atom. The molecule has 1 aliphatic rings. The maximum Gasteiger partial charge on any atom is 0.266 e. The molecule has 0 unspecified atom stereocenters. The number of carbonyl (C=O) groups is 1.